The fraction of sp³-hybridized carbons (Fsp3) is 0.500. The van der Waals surface area contributed by atoms with Gasteiger partial charge in [-0.3, -0.25) is 9.78 Å². The van der Waals surface area contributed by atoms with Crippen LogP contribution in [0, 0.1) is 13.8 Å². The first-order valence-electron chi connectivity index (χ1n) is 12.6. The highest BCUT2D eigenvalue weighted by atomic mass is 19.1. The number of aromatic nitrogens is 2. The first kappa shape index (κ1) is 23.0. The molecule has 0 saturated carbocycles. The van der Waals surface area contributed by atoms with Gasteiger partial charge in [-0.1, -0.05) is 19.9 Å². The number of aryl methyl sites for hydroxylation is 2. The van der Waals surface area contributed by atoms with Gasteiger partial charge in [0.25, 0.3) is 0 Å². The Hall–Kier alpha value is -2.73. The van der Waals surface area contributed by atoms with Gasteiger partial charge >= 0.3 is 0 Å². The summed E-state index contributed by atoms with van der Waals surface area (Å²) in [6.07, 6.45) is 1.29. The summed E-state index contributed by atoms with van der Waals surface area (Å²) in [4.78, 5) is 22.9. The highest BCUT2D eigenvalue weighted by Gasteiger charge is 2.34. The van der Waals surface area contributed by atoms with Crippen molar-refractivity contribution in [2.75, 3.05) is 19.6 Å². The molecule has 2 aromatic heterocycles. The summed E-state index contributed by atoms with van der Waals surface area (Å²) in [7, 11) is 0. The third kappa shape index (κ3) is 4.36. The van der Waals surface area contributed by atoms with Gasteiger partial charge in [0.1, 0.15) is 6.17 Å². The van der Waals surface area contributed by atoms with Crippen molar-refractivity contribution >= 4 is 16.8 Å². The van der Waals surface area contributed by atoms with E-state index in [2.05, 4.69) is 59.5 Å². The van der Waals surface area contributed by atoms with E-state index in [0.29, 0.717) is 24.8 Å². The lowest BCUT2D eigenvalue weighted by Crippen LogP contribution is -2.46. The number of alkyl halides is 1. The van der Waals surface area contributed by atoms with Crippen LogP contribution < -0.4 is 5.32 Å². The SMILES string of the molecule is Cc1cc(-c2[nH]c3ccc(C4CCN(C(=O)[C@@H]5C[C@H](F)CN5)CC4)cc3c2C(C)C)cc(C)n1. The smallest absolute Gasteiger partial charge is 0.239 e. The molecule has 2 aliphatic heterocycles. The average Bonchev–Trinajstić information content (AvgIpc) is 3.41. The first-order valence-corrected chi connectivity index (χ1v) is 12.6. The summed E-state index contributed by atoms with van der Waals surface area (Å²) in [5, 5.41) is 4.32. The number of fused-ring (bicyclic) bond motifs is 1. The molecule has 4 heterocycles. The van der Waals surface area contributed by atoms with Crippen LogP contribution >= 0.6 is 0 Å². The average molecular weight is 463 g/mol. The molecule has 0 spiro atoms. The molecule has 2 fully saturated rings. The number of rotatable bonds is 4. The molecule has 2 N–H and O–H groups in total. The molecular formula is C28H35FN4O. The van der Waals surface area contributed by atoms with Gasteiger partial charge in [0.05, 0.1) is 11.7 Å². The van der Waals surface area contributed by atoms with Crippen LogP contribution in [-0.4, -0.2) is 52.6 Å². The second-order valence-corrected chi connectivity index (χ2v) is 10.4. The standard InChI is InChI=1S/C28H35FN4O/c1-16(2)26-23-13-20(5-6-24(23)32-27(26)21-11-17(3)31-18(4)12-21)19-7-9-33(10-8-19)28(34)25-14-22(29)15-30-25/h5-6,11-13,16,19,22,25,30,32H,7-10,14-15H2,1-4H3/t22-,25-/m0/s1. The van der Waals surface area contributed by atoms with Crippen molar-refractivity contribution in [1.29, 1.82) is 0 Å². The largest absolute Gasteiger partial charge is 0.354 e. The second kappa shape index (κ2) is 9.14. The Morgan fingerprint density at radius 2 is 1.82 bits per heavy atom. The Bertz CT molecular complexity index is 1190. The summed E-state index contributed by atoms with van der Waals surface area (Å²) < 4.78 is 13.5. The molecule has 34 heavy (non-hydrogen) atoms. The summed E-state index contributed by atoms with van der Waals surface area (Å²) >= 11 is 0. The minimum Gasteiger partial charge on any atom is -0.354 e. The number of nitrogens with one attached hydrogen (secondary N) is 2. The van der Waals surface area contributed by atoms with E-state index in [1.54, 1.807) is 0 Å². The topological polar surface area (TPSA) is 61.0 Å². The minimum absolute atomic E-state index is 0.0642. The Morgan fingerprint density at radius 1 is 1.12 bits per heavy atom. The van der Waals surface area contributed by atoms with Gasteiger partial charge in [0, 0.05) is 53.9 Å². The molecule has 2 atom stereocenters. The number of hydrogen-bond acceptors (Lipinski definition) is 3. The van der Waals surface area contributed by atoms with Gasteiger partial charge in [-0.15, -0.1) is 0 Å². The number of aromatic amines is 1. The van der Waals surface area contributed by atoms with Crippen LogP contribution in [0.4, 0.5) is 4.39 Å². The fourth-order valence-electron chi connectivity index (χ4n) is 5.82. The van der Waals surface area contributed by atoms with Crippen LogP contribution in [-0.2, 0) is 4.79 Å². The number of H-pyrrole nitrogens is 1. The van der Waals surface area contributed by atoms with Crippen molar-refractivity contribution in [3.8, 4) is 11.3 Å². The van der Waals surface area contributed by atoms with E-state index in [0.717, 1.165) is 42.8 Å². The summed E-state index contributed by atoms with van der Waals surface area (Å²) in [6, 6.07) is 10.8. The molecule has 2 aliphatic rings. The van der Waals surface area contributed by atoms with Crippen molar-refractivity contribution in [2.24, 2.45) is 0 Å². The highest BCUT2D eigenvalue weighted by Crippen LogP contribution is 2.38. The predicted molar refractivity (Wildman–Crippen MR) is 135 cm³/mol. The number of likely N-dealkylation sites (tertiary alicyclic amines) is 1. The lowest BCUT2D eigenvalue weighted by atomic mass is 9.87. The number of carbonyl (C=O) groups excluding carboxylic acids is 1. The van der Waals surface area contributed by atoms with E-state index in [-0.39, 0.29) is 11.9 Å². The van der Waals surface area contributed by atoms with Gasteiger partial charge in [-0.25, -0.2) is 4.39 Å². The van der Waals surface area contributed by atoms with Crippen molar-refractivity contribution in [3.05, 3.63) is 52.8 Å². The lowest BCUT2D eigenvalue weighted by Gasteiger charge is -2.33. The molecule has 5 rings (SSSR count). The van der Waals surface area contributed by atoms with E-state index < -0.39 is 6.17 Å². The van der Waals surface area contributed by atoms with Gasteiger partial charge < -0.3 is 15.2 Å². The Morgan fingerprint density at radius 3 is 2.44 bits per heavy atom. The van der Waals surface area contributed by atoms with Crippen LogP contribution in [0.25, 0.3) is 22.2 Å². The zero-order chi connectivity index (χ0) is 24.0. The molecule has 0 radical (unpaired) electrons. The zero-order valence-electron chi connectivity index (χ0n) is 20.6. The Balaban J connectivity index is 1.39. The van der Waals surface area contributed by atoms with Crippen LogP contribution in [0.1, 0.15) is 67.5 Å². The van der Waals surface area contributed by atoms with Gasteiger partial charge in [-0.2, -0.15) is 0 Å². The van der Waals surface area contributed by atoms with Gasteiger partial charge in [0.2, 0.25) is 5.91 Å². The number of hydrogen-bond donors (Lipinski definition) is 2. The number of carbonyl (C=O) groups is 1. The third-order valence-corrected chi connectivity index (χ3v) is 7.46. The summed E-state index contributed by atoms with van der Waals surface area (Å²) in [6.45, 7) is 10.4. The summed E-state index contributed by atoms with van der Waals surface area (Å²) in [5.41, 5.74) is 8.29. The van der Waals surface area contributed by atoms with Crippen molar-refractivity contribution in [2.45, 2.75) is 71.0 Å². The van der Waals surface area contributed by atoms with Crippen LogP contribution in [0.3, 0.4) is 0 Å². The zero-order valence-corrected chi connectivity index (χ0v) is 20.6. The number of benzene rings is 1. The van der Waals surface area contributed by atoms with Crippen molar-refractivity contribution in [1.82, 2.24) is 20.2 Å². The molecule has 180 valence electrons. The van der Waals surface area contributed by atoms with Crippen LogP contribution in [0.15, 0.2) is 30.3 Å². The van der Waals surface area contributed by atoms with Crippen molar-refractivity contribution in [3.63, 3.8) is 0 Å². The number of amides is 1. The Kier molecular flexibility index (Phi) is 6.19. The van der Waals surface area contributed by atoms with Gasteiger partial charge in [0.15, 0.2) is 0 Å². The lowest BCUT2D eigenvalue weighted by molar-refractivity contribution is -0.134. The molecule has 5 nitrogen and oxygen atoms in total. The molecule has 2 saturated heterocycles. The molecule has 0 bridgehead atoms. The van der Waals surface area contributed by atoms with E-state index in [9.17, 15) is 9.18 Å². The monoisotopic (exact) mass is 462 g/mol. The first-order chi connectivity index (χ1) is 16.3. The van der Waals surface area contributed by atoms with Crippen molar-refractivity contribution < 1.29 is 9.18 Å². The molecule has 1 aromatic carbocycles. The maximum Gasteiger partial charge on any atom is 0.239 e. The summed E-state index contributed by atoms with van der Waals surface area (Å²) in [5.74, 6) is 0.877. The molecule has 1 amide bonds. The number of nitrogens with zero attached hydrogens (tertiary/aromatic N) is 2. The number of piperidine rings is 1. The van der Waals surface area contributed by atoms with E-state index in [1.165, 1.54) is 27.8 Å². The molecular weight excluding hydrogens is 427 g/mol. The van der Waals surface area contributed by atoms with E-state index in [4.69, 9.17) is 0 Å². The van der Waals surface area contributed by atoms with E-state index >= 15 is 0 Å². The van der Waals surface area contributed by atoms with Crippen LogP contribution in [0.2, 0.25) is 0 Å². The molecule has 0 aliphatic carbocycles. The predicted octanol–water partition coefficient (Wildman–Crippen LogP) is 5.38. The molecule has 6 heteroatoms. The Labute approximate surface area is 201 Å². The molecule has 3 aromatic rings. The third-order valence-electron chi connectivity index (χ3n) is 7.46. The van der Waals surface area contributed by atoms with E-state index in [1.807, 2.05) is 18.7 Å². The minimum atomic E-state index is -0.903. The maximum absolute atomic E-state index is 13.5. The normalized spacial score (nSPS) is 21.6. The maximum atomic E-state index is 13.5. The van der Waals surface area contributed by atoms with Gasteiger partial charge in [-0.05, 0) is 73.9 Å². The molecule has 0 unspecified atom stereocenters. The quantitative estimate of drug-likeness (QED) is 0.548. The number of halogens is 1. The van der Waals surface area contributed by atoms with Crippen LogP contribution in [0.5, 0.6) is 0 Å². The fourth-order valence-corrected chi connectivity index (χ4v) is 5.82. The second-order valence-electron chi connectivity index (χ2n) is 10.4. The highest BCUT2D eigenvalue weighted by molar-refractivity contribution is 5.92. The number of pyridine rings is 1.